The molecule has 0 amide bonds. The van der Waals surface area contributed by atoms with E-state index in [9.17, 15) is 0 Å². The van der Waals surface area contributed by atoms with Gasteiger partial charge in [0.25, 0.3) is 5.78 Å². The molecule has 0 spiro atoms. The molecule has 130 valence electrons. The summed E-state index contributed by atoms with van der Waals surface area (Å²) in [6.07, 6.45) is 5.98. The Balaban J connectivity index is 1.71. The van der Waals surface area contributed by atoms with Gasteiger partial charge in [-0.1, -0.05) is 13.8 Å². The van der Waals surface area contributed by atoms with Crippen LogP contribution in [0, 0.1) is 0 Å². The molecule has 7 nitrogen and oxygen atoms in total. The zero-order valence-electron chi connectivity index (χ0n) is 14.5. The van der Waals surface area contributed by atoms with Gasteiger partial charge in [0.2, 0.25) is 0 Å². The second-order valence-electron chi connectivity index (χ2n) is 6.63. The second kappa shape index (κ2) is 6.76. The Morgan fingerprint density at radius 3 is 3.00 bits per heavy atom. The minimum atomic E-state index is 0.257. The first-order chi connectivity index (χ1) is 12.2. The van der Waals surface area contributed by atoms with Gasteiger partial charge in [0.15, 0.2) is 5.82 Å². The molecular formula is C18H22N6O. The summed E-state index contributed by atoms with van der Waals surface area (Å²) in [5.41, 5.74) is 1.87. The predicted molar refractivity (Wildman–Crippen MR) is 95.6 cm³/mol. The third-order valence-electron chi connectivity index (χ3n) is 4.38. The summed E-state index contributed by atoms with van der Waals surface area (Å²) in [4.78, 5) is 13.4. The average molecular weight is 338 g/mol. The first-order valence-corrected chi connectivity index (χ1v) is 8.74. The van der Waals surface area contributed by atoms with Crippen LogP contribution in [0.5, 0.6) is 0 Å². The van der Waals surface area contributed by atoms with E-state index in [1.54, 1.807) is 16.9 Å². The summed E-state index contributed by atoms with van der Waals surface area (Å²) in [5.74, 6) is 2.43. The van der Waals surface area contributed by atoms with E-state index in [2.05, 4.69) is 39.2 Å². The average Bonchev–Trinajstić information content (AvgIpc) is 3.29. The van der Waals surface area contributed by atoms with E-state index in [-0.39, 0.29) is 6.10 Å². The van der Waals surface area contributed by atoms with E-state index in [4.69, 9.17) is 4.74 Å². The van der Waals surface area contributed by atoms with Gasteiger partial charge >= 0.3 is 0 Å². The molecule has 4 heterocycles. The number of nitrogens with one attached hydrogen (secondary N) is 1. The van der Waals surface area contributed by atoms with Gasteiger partial charge in [0.05, 0.1) is 11.8 Å². The molecule has 1 aliphatic rings. The molecule has 0 aliphatic carbocycles. The van der Waals surface area contributed by atoms with Crippen molar-refractivity contribution in [3.63, 3.8) is 0 Å². The van der Waals surface area contributed by atoms with Crippen molar-refractivity contribution in [1.29, 1.82) is 0 Å². The fraction of sp³-hybridized carbons (Fsp3) is 0.444. The topological polar surface area (TPSA) is 77.2 Å². The maximum absolute atomic E-state index is 5.71. The van der Waals surface area contributed by atoms with Crippen molar-refractivity contribution in [2.24, 2.45) is 0 Å². The Kier molecular flexibility index (Phi) is 4.31. The van der Waals surface area contributed by atoms with E-state index in [1.165, 1.54) is 0 Å². The standard InChI is InChI=1S/C18H22N6O/c1-12(2)15-9-16(20-11-14-6-4-8-25-14)24-18(21-15)22-17(23-24)13-5-3-7-19-10-13/h3,5,7,9-10,12,14,20H,4,6,8,11H2,1-2H3/t14-/m1/s1. The van der Waals surface area contributed by atoms with Crippen molar-refractivity contribution < 1.29 is 4.74 Å². The highest BCUT2D eigenvalue weighted by atomic mass is 16.5. The maximum Gasteiger partial charge on any atom is 0.254 e. The molecule has 1 saturated heterocycles. The van der Waals surface area contributed by atoms with Crippen molar-refractivity contribution in [1.82, 2.24) is 24.6 Å². The minimum absolute atomic E-state index is 0.257. The van der Waals surface area contributed by atoms with Crippen molar-refractivity contribution in [3.05, 3.63) is 36.3 Å². The third-order valence-corrected chi connectivity index (χ3v) is 4.38. The molecule has 0 unspecified atom stereocenters. The lowest BCUT2D eigenvalue weighted by molar-refractivity contribution is 0.120. The molecule has 3 aromatic heterocycles. The molecule has 25 heavy (non-hydrogen) atoms. The summed E-state index contributed by atoms with van der Waals surface area (Å²) in [7, 11) is 0. The molecule has 1 aliphatic heterocycles. The summed E-state index contributed by atoms with van der Waals surface area (Å²) >= 11 is 0. The summed E-state index contributed by atoms with van der Waals surface area (Å²) in [6.45, 7) is 5.87. The lowest BCUT2D eigenvalue weighted by Crippen LogP contribution is -2.20. The lowest BCUT2D eigenvalue weighted by Gasteiger charge is -2.14. The number of nitrogens with zero attached hydrogens (tertiary/aromatic N) is 5. The molecule has 1 N–H and O–H groups in total. The number of hydrogen-bond donors (Lipinski definition) is 1. The zero-order valence-corrected chi connectivity index (χ0v) is 14.5. The summed E-state index contributed by atoms with van der Waals surface area (Å²) < 4.78 is 7.47. The highest BCUT2D eigenvalue weighted by Gasteiger charge is 2.18. The fourth-order valence-electron chi connectivity index (χ4n) is 2.95. The number of hydrogen-bond acceptors (Lipinski definition) is 6. The van der Waals surface area contributed by atoms with E-state index in [1.807, 2.05) is 18.2 Å². The highest BCUT2D eigenvalue weighted by Crippen LogP contribution is 2.22. The molecule has 0 radical (unpaired) electrons. The predicted octanol–water partition coefficient (Wildman–Crippen LogP) is 2.90. The van der Waals surface area contributed by atoms with Gasteiger partial charge in [0.1, 0.15) is 5.82 Å². The van der Waals surface area contributed by atoms with Crippen LogP contribution >= 0.6 is 0 Å². The Hall–Kier alpha value is -2.54. The van der Waals surface area contributed by atoms with E-state index < -0.39 is 0 Å². The highest BCUT2D eigenvalue weighted by molar-refractivity contribution is 5.57. The van der Waals surface area contributed by atoms with Crippen molar-refractivity contribution in [3.8, 4) is 11.4 Å². The summed E-state index contributed by atoms with van der Waals surface area (Å²) in [5, 5.41) is 8.10. The number of fused-ring (bicyclic) bond motifs is 1. The summed E-state index contributed by atoms with van der Waals surface area (Å²) in [6, 6.07) is 5.88. The smallest absolute Gasteiger partial charge is 0.254 e. The van der Waals surface area contributed by atoms with Gasteiger partial charge in [0, 0.05) is 37.2 Å². The van der Waals surface area contributed by atoms with E-state index >= 15 is 0 Å². The van der Waals surface area contributed by atoms with Gasteiger partial charge in [-0.2, -0.15) is 9.50 Å². The molecule has 4 rings (SSSR count). The first-order valence-electron chi connectivity index (χ1n) is 8.74. The number of ether oxygens (including phenoxy) is 1. The van der Waals surface area contributed by atoms with Crippen LogP contribution in [0.25, 0.3) is 17.2 Å². The van der Waals surface area contributed by atoms with Crippen LogP contribution < -0.4 is 5.32 Å². The Bertz CT molecular complexity index is 855. The fourth-order valence-corrected chi connectivity index (χ4v) is 2.95. The monoisotopic (exact) mass is 338 g/mol. The van der Waals surface area contributed by atoms with Crippen LogP contribution in [0.15, 0.2) is 30.6 Å². The molecule has 0 aromatic carbocycles. The maximum atomic E-state index is 5.71. The lowest BCUT2D eigenvalue weighted by atomic mass is 10.1. The third kappa shape index (κ3) is 3.32. The number of rotatable bonds is 5. The SMILES string of the molecule is CC(C)c1cc(NC[C@H]2CCCO2)n2nc(-c3cccnc3)nc2n1. The van der Waals surface area contributed by atoms with E-state index in [0.29, 0.717) is 17.5 Å². The molecule has 3 aromatic rings. The van der Waals surface area contributed by atoms with Crippen LogP contribution in [0.3, 0.4) is 0 Å². The minimum Gasteiger partial charge on any atom is -0.376 e. The van der Waals surface area contributed by atoms with Gasteiger partial charge in [-0.05, 0) is 30.9 Å². The molecule has 1 fully saturated rings. The van der Waals surface area contributed by atoms with Gasteiger partial charge in [-0.25, -0.2) is 4.98 Å². The largest absolute Gasteiger partial charge is 0.376 e. The first kappa shape index (κ1) is 16.0. The van der Waals surface area contributed by atoms with Gasteiger partial charge in [-0.15, -0.1) is 5.10 Å². The second-order valence-corrected chi connectivity index (χ2v) is 6.63. The number of aromatic nitrogens is 5. The number of pyridine rings is 1. The van der Waals surface area contributed by atoms with Crippen molar-refractivity contribution >= 4 is 11.6 Å². The van der Waals surface area contributed by atoms with Crippen LogP contribution in [0.2, 0.25) is 0 Å². The normalized spacial score (nSPS) is 17.5. The van der Waals surface area contributed by atoms with E-state index in [0.717, 1.165) is 43.1 Å². The van der Waals surface area contributed by atoms with Crippen LogP contribution in [0.4, 0.5) is 5.82 Å². The molecule has 0 bridgehead atoms. The molecular weight excluding hydrogens is 316 g/mol. The van der Waals surface area contributed by atoms with Crippen molar-refractivity contribution in [2.75, 3.05) is 18.5 Å². The van der Waals surface area contributed by atoms with Crippen LogP contribution in [-0.2, 0) is 4.74 Å². The Morgan fingerprint density at radius 1 is 1.36 bits per heavy atom. The van der Waals surface area contributed by atoms with Crippen molar-refractivity contribution in [2.45, 2.75) is 38.7 Å². The van der Waals surface area contributed by atoms with Gasteiger partial charge < -0.3 is 10.1 Å². The quantitative estimate of drug-likeness (QED) is 0.771. The van der Waals surface area contributed by atoms with Gasteiger partial charge in [-0.3, -0.25) is 4.98 Å². The van der Waals surface area contributed by atoms with Crippen LogP contribution in [0.1, 0.15) is 38.3 Å². The Labute approximate surface area is 146 Å². The Morgan fingerprint density at radius 2 is 2.28 bits per heavy atom. The number of anilines is 1. The van der Waals surface area contributed by atoms with Crippen LogP contribution in [-0.4, -0.2) is 43.8 Å². The zero-order chi connectivity index (χ0) is 17.2. The molecule has 1 atom stereocenters. The molecule has 0 saturated carbocycles. The molecule has 7 heteroatoms.